The van der Waals surface area contributed by atoms with Crippen molar-refractivity contribution in [3.05, 3.63) is 15.2 Å². The highest BCUT2D eigenvalue weighted by molar-refractivity contribution is 9.11. The number of hydrogen-bond donors (Lipinski definition) is 1. The van der Waals surface area contributed by atoms with E-state index in [1.807, 2.05) is 18.4 Å². The molecule has 0 aliphatic heterocycles. The van der Waals surface area contributed by atoms with Gasteiger partial charge < -0.3 is 5.11 Å². The lowest BCUT2D eigenvalue weighted by Gasteiger charge is -2.22. The molecule has 2 aromatic rings. The van der Waals surface area contributed by atoms with Gasteiger partial charge in [0.15, 0.2) is 5.82 Å². The minimum atomic E-state index is -0.878. The number of tetrazole rings is 1. The van der Waals surface area contributed by atoms with E-state index < -0.39 is 11.4 Å². The Bertz CT molecular complexity index is 597. The van der Waals surface area contributed by atoms with Gasteiger partial charge in [-0.05, 0) is 45.8 Å². The van der Waals surface area contributed by atoms with Gasteiger partial charge in [0.1, 0.15) is 0 Å². The number of thiophene rings is 1. The third-order valence-electron chi connectivity index (χ3n) is 3.15. The summed E-state index contributed by atoms with van der Waals surface area (Å²) in [4.78, 5) is 11.3. The number of aromatic nitrogens is 4. The summed E-state index contributed by atoms with van der Waals surface area (Å²) in [5.74, 6) is -0.258. The van der Waals surface area contributed by atoms with Crippen molar-refractivity contribution in [1.29, 1.82) is 0 Å². The van der Waals surface area contributed by atoms with E-state index in [0.29, 0.717) is 12.2 Å². The Balaban J connectivity index is 2.33. The summed E-state index contributed by atoms with van der Waals surface area (Å²) < 4.78 is 2.53. The fourth-order valence-corrected chi connectivity index (χ4v) is 2.74. The van der Waals surface area contributed by atoms with Crippen LogP contribution in [0.2, 0.25) is 0 Å². The number of hydrogen-bond acceptors (Lipinski definition) is 5. The second-order valence-electron chi connectivity index (χ2n) is 4.52. The topological polar surface area (TPSA) is 80.9 Å². The Labute approximate surface area is 122 Å². The van der Waals surface area contributed by atoms with Crippen molar-refractivity contribution in [2.75, 3.05) is 0 Å². The molecule has 0 aliphatic rings. The molecule has 1 atom stereocenters. The SMILES string of the molecule is CCC(C)(Cn1nnnc1-c1csc(Br)c1)C(=O)O. The van der Waals surface area contributed by atoms with Crippen LogP contribution in [0.15, 0.2) is 15.2 Å². The van der Waals surface area contributed by atoms with Crippen LogP contribution in [0.4, 0.5) is 0 Å². The summed E-state index contributed by atoms with van der Waals surface area (Å²) >= 11 is 4.92. The molecule has 0 bridgehead atoms. The van der Waals surface area contributed by atoms with Crippen LogP contribution in [0.3, 0.4) is 0 Å². The van der Waals surface area contributed by atoms with Crippen molar-refractivity contribution in [2.24, 2.45) is 5.41 Å². The van der Waals surface area contributed by atoms with E-state index in [1.54, 1.807) is 11.6 Å². The predicted octanol–water partition coefficient (Wildman–Crippen LogP) is 2.67. The molecular weight excluding hydrogens is 332 g/mol. The number of carboxylic acid groups (broad SMARTS) is 1. The van der Waals surface area contributed by atoms with Crippen LogP contribution in [0.1, 0.15) is 20.3 Å². The summed E-state index contributed by atoms with van der Waals surface area (Å²) in [5.41, 5.74) is 0.00270. The summed E-state index contributed by atoms with van der Waals surface area (Å²) in [6.45, 7) is 3.79. The minimum absolute atomic E-state index is 0.245. The molecular formula is C11H13BrN4O2S. The maximum atomic E-state index is 11.3. The first kappa shape index (κ1) is 14.1. The summed E-state index contributed by atoms with van der Waals surface area (Å²) in [5, 5.41) is 22.8. The lowest BCUT2D eigenvalue weighted by atomic mass is 9.88. The van der Waals surface area contributed by atoms with Gasteiger partial charge >= 0.3 is 5.97 Å². The average Bonchev–Trinajstić information content (AvgIpc) is 2.97. The lowest BCUT2D eigenvalue weighted by molar-refractivity contribution is -0.149. The maximum Gasteiger partial charge on any atom is 0.311 e. The Morgan fingerprint density at radius 3 is 2.89 bits per heavy atom. The lowest BCUT2D eigenvalue weighted by Crippen LogP contribution is -2.32. The highest BCUT2D eigenvalue weighted by Gasteiger charge is 2.33. The van der Waals surface area contributed by atoms with Crippen LogP contribution >= 0.6 is 27.3 Å². The van der Waals surface area contributed by atoms with Gasteiger partial charge in [-0.15, -0.1) is 16.4 Å². The van der Waals surface area contributed by atoms with Crippen LogP contribution < -0.4 is 0 Å². The Hall–Kier alpha value is -1.28. The molecule has 0 fully saturated rings. The van der Waals surface area contributed by atoms with E-state index in [0.717, 1.165) is 9.35 Å². The Kier molecular flexibility index (Phi) is 4.00. The number of carbonyl (C=O) groups is 1. The molecule has 8 heteroatoms. The van der Waals surface area contributed by atoms with Crippen LogP contribution in [0, 0.1) is 5.41 Å². The van der Waals surface area contributed by atoms with Gasteiger partial charge in [-0.2, -0.15) is 0 Å². The molecule has 2 aromatic heterocycles. The van der Waals surface area contributed by atoms with Crippen molar-refractivity contribution >= 4 is 33.2 Å². The van der Waals surface area contributed by atoms with Gasteiger partial charge in [-0.1, -0.05) is 6.92 Å². The molecule has 1 unspecified atom stereocenters. The molecule has 6 nitrogen and oxygen atoms in total. The molecule has 0 saturated heterocycles. The zero-order valence-corrected chi connectivity index (χ0v) is 12.9. The van der Waals surface area contributed by atoms with Gasteiger partial charge in [0.25, 0.3) is 0 Å². The smallest absolute Gasteiger partial charge is 0.311 e. The van der Waals surface area contributed by atoms with Crippen molar-refractivity contribution in [3.8, 4) is 11.4 Å². The zero-order valence-electron chi connectivity index (χ0n) is 10.5. The molecule has 19 heavy (non-hydrogen) atoms. The van der Waals surface area contributed by atoms with Gasteiger partial charge in [0.05, 0.1) is 15.7 Å². The molecule has 2 heterocycles. The summed E-state index contributed by atoms with van der Waals surface area (Å²) in [7, 11) is 0. The zero-order chi connectivity index (χ0) is 14.0. The number of rotatable bonds is 5. The van der Waals surface area contributed by atoms with Crippen LogP contribution in [0.5, 0.6) is 0 Å². The van der Waals surface area contributed by atoms with Crippen molar-refractivity contribution in [1.82, 2.24) is 20.2 Å². The molecule has 0 saturated carbocycles. The first-order chi connectivity index (χ1) is 8.96. The van der Waals surface area contributed by atoms with Gasteiger partial charge in [-0.25, -0.2) is 4.68 Å². The summed E-state index contributed by atoms with van der Waals surface area (Å²) in [6.07, 6.45) is 0.509. The van der Waals surface area contributed by atoms with Gasteiger partial charge in [0.2, 0.25) is 0 Å². The fourth-order valence-electron chi connectivity index (χ4n) is 1.61. The molecule has 0 aliphatic carbocycles. The van der Waals surface area contributed by atoms with Crippen molar-refractivity contribution in [2.45, 2.75) is 26.8 Å². The molecule has 0 radical (unpaired) electrons. The molecule has 102 valence electrons. The largest absolute Gasteiger partial charge is 0.481 e. The van der Waals surface area contributed by atoms with Crippen LogP contribution in [-0.2, 0) is 11.3 Å². The molecule has 0 amide bonds. The van der Waals surface area contributed by atoms with Crippen LogP contribution in [-0.4, -0.2) is 31.3 Å². The van der Waals surface area contributed by atoms with Crippen LogP contribution in [0.25, 0.3) is 11.4 Å². The quantitative estimate of drug-likeness (QED) is 0.901. The number of carboxylic acids is 1. The summed E-state index contributed by atoms with van der Waals surface area (Å²) in [6, 6.07) is 1.91. The third kappa shape index (κ3) is 2.84. The molecule has 0 spiro atoms. The Morgan fingerprint density at radius 2 is 2.37 bits per heavy atom. The highest BCUT2D eigenvalue weighted by Crippen LogP contribution is 2.30. The van der Waals surface area contributed by atoms with Gasteiger partial charge in [-0.3, -0.25) is 4.79 Å². The second-order valence-corrected chi connectivity index (χ2v) is 6.81. The number of halogens is 1. The fraction of sp³-hybridized carbons (Fsp3) is 0.455. The predicted molar refractivity (Wildman–Crippen MR) is 74.9 cm³/mol. The van der Waals surface area contributed by atoms with E-state index in [2.05, 4.69) is 31.5 Å². The Morgan fingerprint density at radius 1 is 1.63 bits per heavy atom. The monoisotopic (exact) mass is 344 g/mol. The van der Waals surface area contributed by atoms with Crippen molar-refractivity contribution in [3.63, 3.8) is 0 Å². The van der Waals surface area contributed by atoms with E-state index >= 15 is 0 Å². The average molecular weight is 345 g/mol. The van der Waals surface area contributed by atoms with E-state index in [4.69, 9.17) is 0 Å². The van der Waals surface area contributed by atoms with E-state index in [-0.39, 0.29) is 6.54 Å². The maximum absolute atomic E-state index is 11.3. The molecule has 0 aromatic carbocycles. The first-order valence-electron chi connectivity index (χ1n) is 5.70. The molecule has 1 N–H and O–H groups in total. The number of aliphatic carboxylic acids is 1. The minimum Gasteiger partial charge on any atom is -0.481 e. The van der Waals surface area contributed by atoms with E-state index in [1.165, 1.54) is 11.3 Å². The van der Waals surface area contributed by atoms with E-state index in [9.17, 15) is 9.90 Å². The third-order valence-corrected chi connectivity index (χ3v) is 4.66. The highest BCUT2D eigenvalue weighted by atomic mass is 79.9. The van der Waals surface area contributed by atoms with Crippen molar-refractivity contribution < 1.29 is 9.90 Å². The first-order valence-corrected chi connectivity index (χ1v) is 7.37. The standard InChI is InChI=1S/C11H13BrN4O2S/c1-3-11(2,10(17)18)6-16-9(13-14-15-16)7-4-8(12)19-5-7/h4-5H,3,6H2,1-2H3,(H,17,18). The normalized spacial score (nSPS) is 14.3. The van der Waals surface area contributed by atoms with Gasteiger partial charge in [0, 0.05) is 10.9 Å². The number of nitrogens with zero attached hydrogens (tertiary/aromatic N) is 4. The second kappa shape index (κ2) is 5.38. The molecule has 2 rings (SSSR count).